The normalized spacial score (nSPS) is 11.5. The molecule has 3 rings (SSSR count). The van der Waals surface area contributed by atoms with E-state index in [9.17, 15) is 14.4 Å². The Morgan fingerprint density at radius 2 is 1.61 bits per heavy atom. The first-order valence-corrected chi connectivity index (χ1v) is 11.8. The van der Waals surface area contributed by atoms with Crippen LogP contribution in [-0.2, 0) is 16.0 Å². The minimum atomic E-state index is -0.308. The average Bonchev–Trinajstić information content (AvgIpc) is 2.79. The second-order valence-electron chi connectivity index (χ2n) is 7.52. The summed E-state index contributed by atoms with van der Waals surface area (Å²) in [6, 6.07) is 21.5. The number of halogens is 1. The molecule has 0 bridgehead atoms. The van der Waals surface area contributed by atoms with Gasteiger partial charge in [-0.05, 0) is 73.5 Å². The third kappa shape index (κ3) is 7.48. The molecule has 3 aromatic carbocycles. The monoisotopic (exact) mass is 480 g/mol. The number of nitrogens with one attached hydrogen (secondary N) is 2. The van der Waals surface area contributed by atoms with Crippen LogP contribution in [0.5, 0.6) is 0 Å². The Kier molecular flexibility index (Phi) is 8.69. The van der Waals surface area contributed by atoms with Crippen molar-refractivity contribution >= 4 is 52.3 Å². The first kappa shape index (κ1) is 24.6. The Morgan fingerprint density at radius 3 is 2.24 bits per heavy atom. The largest absolute Gasteiger partial charge is 0.326 e. The molecule has 0 saturated heterocycles. The molecule has 33 heavy (non-hydrogen) atoms. The number of benzene rings is 3. The lowest BCUT2D eigenvalue weighted by Crippen LogP contribution is -2.24. The molecule has 0 radical (unpaired) electrons. The number of ketones is 1. The fraction of sp³-hybridized carbons (Fsp3) is 0.192. The van der Waals surface area contributed by atoms with Gasteiger partial charge >= 0.3 is 0 Å². The predicted molar refractivity (Wildman–Crippen MR) is 135 cm³/mol. The Balaban J connectivity index is 1.59. The van der Waals surface area contributed by atoms with Gasteiger partial charge in [-0.15, -0.1) is 11.8 Å². The molecule has 0 aliphatic carbocycles. The van der Waals surface area contributed by atoms with Crippen LogP contribution in [0.2, 0.25) is 5.02 Å². The van der Waals surface area contributed by atoms with Gasteiger partial charge in [0.05, 0.1) is 11.7 Å². The van der Waals surface area contributed by atoms with Crippen LogP contribution in [0, 0.1) is 0 Å². The fourth-order valence-electron chi connectivity index (χ4n) is 3.14. The van der Waals surface area contributed by atoms with Gasteiger partial charge in [0.1, 0.15) is 0 Å². The van der Waals surface area contributed by atoms with E-state index in [4.69, 9.17) is 11.6 Å². The zero-order chi connectivity index (χ0) is 23.8. The van der Waals surface area contributed by atoms with E-state index in [1.54, 1.807) is 36.4 Å². The maximum absolute atomic E-state index is 12.8. The highest BCUT2D eigenvalue weighted by Crippen LogP contribution is 2.28. The Bertz CT molecular complexity index is 1130. The Hall–Kier alpha value is -3.09. The molecule has 7 heteroatoms. The van der Waals surface area contributed by atoms with Crippen LogP contribution >= 0.6 is 23.4 Å². The summed E-state index contributed by atoms with van der Waals surface area (Å²) in [6.45, 7) is 3.46. The van der Waals surface area contributed by atoms with Crippen molar-refractivity contribution in [2.75, 3.05) is 10.6 Å². The summed E-state index contributed by atoms with van der Waals surface area (Å²) in [5.41, 5.74) is 2.80. The van der Waals surface area contributed by atoms with E-state index in [0.717, 1.165) is 10.5 Å². The average molecular weight is 481 g/mol. The van der Waals surface area contributed by atoms with Crippen LogP contribution in [-0.4, -0.2) is 22.8 Å². The second kappa shape index (κ2) is 11.7. The number of Topliss-reactive ketones (excluding diaryl/α,β-unsaturated/α-hetero) is 1. The van der Waals surface area contributed by atoms with Gasteiger partial charge in [0.2, 0.25) is 11.8 Å². The topological polar surface area (TPSA) is 75.3 Å². The molecule has 3 aromatic rings. The molecule has 2 amide bonds. The number of anilines is 2. The van der Waals surface area contributed by atoms with Crippen molar-refractivity contribution in [1.82, 2.24) is 0 Å². The van der Waals surface area contributed by atoms with Gasteiger partial charge < -0.3 is 10.6 Å². The van der Waals surface area contributed by atoms with Crippen molar-refractivity contribution in [3.8, 4) is 0 Å². The Morgan fingerprint density at radius 1 is 0.909 bits per heavy atom. The second-order valence-corrected chi connectivity index (χ2v) is 9.23. The van der Waals surface area contributed by atoms with Crippen molar-refractivity contribution in [3.63, 3.8) is 0 Å². The van der Waals surface area contributed by atoms with Crippen LogP contribution in [0.25, 0.3) is 0 Å². The first-order valence-electron chi connectivity index (χ1n) is 10.6. The molecule has 170 valence electrons. The molecule has 0 aromatic heterocycles. The maximum atomic E-state index is 12.8. The third-order valence-electron chi connectivity index (χ3n) is 4.90. The summed E-state index contributed by atoms with van der Waals surface area (Å²) in [7, 11) is 0. The predicted octanol–water partition coefficient (Wildman–Crippen LogP) is 6.23. The lowest BCUT2D eigenvalue weighted by Gasteiger charge is -2.15. The third-order valence-corrected chi connectivity index (χ3v) is 6.51. The summed E-state index contributed by atoms with van der Waals surface area (Å²) in [6.07, 6.45) is 0.881. The summed E-state index contributed by atoms with van der Waals surface area (Å²) in [5, 5.41) is 6.14. The van der Waals surface area contributed by atoms with Crippen LogP contribution in [0.15, 0.2) is 77.7 Å². The zero-order valence-corrected chi connectivity index (χ0v) is 20.0. The molecular formula is C26H25ClN2O3S. The number of hydrogen-bond acceptors (Lipinski definition) is 4. The molecule has 1 atom stereocenters. The number of amides is 2. The van der Waals surface area contributed by atoms with Crippen LogP contribution in [0.4, 0.5) is 11.4 Å². The summed E-state index contributed by atoms with van der Waals surface area (Å²) >= 11 is 7.33. The van der Waals surface area contributed by atoms with Crippen molar-refractivity contribution in [2.24, 2.45) is 0 Å². The van der Waals surface area contributed by atoms with Gasteiger partial charge in [0.25, 0.3) is 0 Å². The summed E-state index contributed by atoms with van der Waals surface area (Å²) < 4.78 is 0. The van der Waals surface area contributed by atoms with E-state index in [0.29, 0.717) is 28.4 Å². The number of hydrogen-bond donors (Lipinski definition) is 2. The molecule has 2 N–H and O–H groups in total. The quantitative estimate of drug-likeness (QED) is 0.281. The molecule has 0 heterocycles. The smallest absolute Gasteiger partial charge is 0.237 e. The molecule has 0 aliphatic heterocycles. The van der Waals surface area contributed by atoms with Crippen molar-refractivity contribution in [2.45, 2.75) is 36.8 Å². The van der Waals surface area contributed by atoms with E-state index < -0.39 is 0 Å². The fourth-order valence-corrected chi connectivity index (χ4v) is 4.28. The van der Waals surface area contributed by atoms with Gasteiger partial charge in [-0.3, -0.25) is 14.4 Å². The van der Waals surface area contributed by atoms with E-state index in [-0.39, 0.29) is 29.3 Å². The first-order chi connectivity index (χ1) is 15.8. The van der Waals surface area contributed by atoms with Gasteiger partial charge in [-0.2, -0.15) is 0 Å². The molecule has 0 aliphatic rings. The van der Waals surface area contributed by atoms with Crippen LogP contribution < -0.4 is 10.6 Å². The number of carbonyl (C=O) groups excluding carboxylic acids is 3. The lowest BCUT2D eigenvalue weighted by molar-refractivity contribution is -0.116. The molecule has 0 spiro atoms. The van der Waals surface area contributed by atoms with E-state index in [1.807, 2.05) is 43.3 Å². The van der Waals surface area contributed by atoms with E-state index in [1.165, 1.54) is 18.7 Å². The number of rotatable bonds is 9. The highest BCUT2D eigenvalue weighted by atomic mass is 35.5. The van der Waals surface area contributed by atoms with Crippen molar-refractivity contribution < 1.29 is 14.4 Å². The van der Waals surface area contributed by atoms with Crippen molar-refractivity contribution in [1.29, 1.82) is 0 Å². The van der Waals surface area contributed by atoms with E-state index >= 15 is 0 Å². The van der Waals surface area contributed by atoms with Gasteiger partial charge in [-0.25, -0.2) is 0 Å². The molecule has 5 nitrogen and oxygen atoms in total. The summed E-state index contributed by atoms with van der Waals surface area (Å²) in [5.74, 6) is -0.261. The van der Waals surface area contributed by atoms with Gasteiger partial charge in [0, 0.05) is 26.9 Å². The SMILES string of the molecule is CCC(Sc1cccc(NC(=O)Cc2ccc(Cl)cc2)c1)C(=O)Nc1ccc(C(C)=O)cc1. The molecule has 0 fully saturated rings. The molecule has 0 saturated carbocycles. The Labute approximate surface area is 202 Å². The van der Waals surface area contributed by atoms with Crippen LogP contribution in [0.3, 0.4) is 0 Å². The number of thioether (sulfide) groups is 1. The highest BCUT2D eigenvalue weighted by Gasteiger charge is 2.18. The van der Waals surface area contributed by atoms with Gasteiger partial charge in [0.15, 0.2) is 5.78 Å². The standard InChI is InChI=1S/C26H25ClN2O3S/c1-3-24(26(32)29-21-13-9-19(10-14-21)17(2)30)33-23-6-4-5-22(16-23)28-25(31)15-18-7-11-20(27)12-8-18/h4-14,16,24H,3,15H2,1-2H3,(H,28,31)(H,29,32). The minimum Gasteiger partial charge on any atom is -0.326 e. The van der Waals surface area contributed by atoms with Crippen LogP contribution in [0.1, 0.15) is 36.2 Å². The van der Waals surface area contributed by atoms with E-state index in [2.05, 4.69) is 10.6 Å². The minimum absolute atomic E-state index is 0.0185. The van der Waals surface area contributed by atoms with Gasteiger partial charge in [-0.1, -0.05) is 36.7 Å². The highest BCUT2D eigenvalue weighted by molar-refractivity contribution is 8.00. The lowest BCUT2D eigenvalue weighted by atomic mass is 10.1. The summed E-state index contributed by atoms with van der Waals surface area (Å²) in [4.78, 5) is 37.5. The van der Waals surface area contributed by atoms with Crippen molar-refractivity contribution in [3.05, 3.63) is 88.9 Å². The molecular weight excluding hydrogens is 456 g/mol. The number of carbonyl (C=O) groups is 3. The zero-order valence-electron chi connectivity index (χ0n) is 18.4. The molecule has 1 unspecified atom stereocenters. The maximum Gasteiger partial charge on any atom is 0.237 e.